The first-order chi connectivity index (χ1) is 10.7. The van der Waals surface area contributed by atoms with E-state index >= 15 is 0 Å². The molecule has 4 nitrogen and oxygen atoms in total. The Hall–Kier alpha value is -2.59. The fraction of sp³-hybridized carbons (Fsp3) is 0.167. The fourth-order valence-corrected chi connectivity index (χ4v) is 2.47. The number of para-hydroxylation sites is 1. The number of benzene rings is 2. The second kappa shape index (κ2) is 6.45. The molecule has 22 heavy (non-hydrogen) atoms. The predicted molar refractivity (Wildman–Crippen MR) is 86.9 cm³/mol. The first-order valence-electron chi connectivity index (χ1n) is 7.34. The van der Waals surface area contributed by atoms with E-state index in [9.17, 15) is 5.11 Å². The minimum Gasteiger partial charge on any atom is -0.508 e. The van der Waals surface area contributed by atoms with E-state index in [1.54, 1.807) is 18.3 Å². The highest BCUT2D eigenvalue weighted by Gasteiger charge is 2.08. The van der Waals surface area contributed by atoms with Gasteiger partial charge in [0.05, 0.1) is 5.69 Å². The van der Waals surface area contributed by atoms with Crippen molar-refractivity contribution in [2.75, 3.05) is 0 Å². The Morgan fingerprint density at radius 1 is 1.14 bits per heavy atom. The summed E-state index contributed by atoms with van der Waals surface area (Å²) in [5, 5.41) is 17.4. The number of nitrogens with zero attached hydrogens (tertiary/aromatic N) is 2. The minimum atomic E-state index is 0.151. The van der Waals surface area contributed by atoms with Gasteiger partial charge in [-0.3, -0.25) is 0 Å². The fourth-order valence-electron chi connectivity index (χ4n) is 2.47. The molecule has 0 aliphatic rings. The van der Waals surface area contributed by atoms with E-state index in [2.05, 4.69) is 29.5 Å². The van der Waals surface area contributed by atoms with Crippen LogP contribution in [-0.4, -0.2) is 14.9 Å². The Morgan fingerprint density at radius 3 is 2.77 bits per heavy atom. The van der Waals surface area contributed by atoms with Crippen LogP contribution in [0.2, 0.25) is 0 Å². The van der Waals surface area contributed by atoms with Gasteiger partial charge < -0.3 is 10.4 Å². The normalized spacial score (nSPS) is 12.2. The molecule has 0 bridgehead atoms. The van der Waals surface area contributed by atoms with Crippen molar-refractivity contribution in [1.82, 2.24) is 15.1 Å². The Kier molecular flexibility index (Phi) is 4.21. The maximum Gasteiger partial charge on any atom is 0.115 e. The molecule has 0 radical (unpaired) electrons. The van der Waals surface area contributed by atoms with Gasteiger partial charge in [0.1, 0.15) is 5.75 Å². The monoisotopic (exact) mass is 293 g/mol. The van der Waals surface area contributed by atoms with Gasteiger partial charge in [-0.2, -0.15) is 5.10 Å². The topological polar surface area (TPSA) is 50.1 Å². The maximum atomic E-state index is 9.58. The van der Waals surface area contributed by atoms with Gasteiger partial charge in [0.25, 0.3) is 0 Å². The van der Waals surface area contributed by atoms with Crippen molar-refractivity contribution in [3.63, 3.8) is 0 Å². The number of rotatable bonds is 5. The molecule has 0 fully saturated rings. The molecule has 0 aliphatic heterocycles. The zero-order chi connectivity index (χ0) is 15.4. The zero-order valence-electron chi connectivity index (χ0n) is 12.5. The maximum absolute atomic E-state index is 9.58. The Labute approximate surface area is 130 Å². The SMILES string of the molecule is CC(NCc1ccccc1-n1cccn1)c1cccc(O)c1. The summed E-state index contributed by atoms with van der Waals surface area (Å²) in [5.74, 6) is 0.295. The second-order valence-electron chi connectivity index (χ2n) is 5.28. The van der Waals surface area contributed by atoms with Crippen molar-refractivity contribution in [2.24, 2.45) is 0 Å². The van der Waals surface area contributed by atoms with Crippen LogP contribution >= 0.6 is 0 Å². The van der Waals surface area contributed by atoms with Gasteiger partial charge >= 0.3 is 0 Å². The summed E-state index contributed by atoms with van der Waals surface area (Å²) in [6.07, 6.45) is 3.72. The smallest absolute Gasteiger partial charge is 0.115 e. The molecular formula is C18H19N3O. The summed E-state index contributed by atoms with van der Waals surface area (Å²) in [7, 11) is 0. The van der Waals surface area contributed by atoms with E-state index in [0.29, 0.717) is 5.75 Å². The molecule has 1 atom stereocenters. The van der Waals surface area contributed by atoms with E-state index < -0.39 is 0 Å². The quantitative estimate of drug-likeness (QED) is 0.757. The van der Waals surface area contributed by atoms with Crippen molar-refractivity contribution >= 4 is 0 Å². The first kappa shape index (κ1) is 14.4. The van der Waals surface area contributed by atoms with Crippen LogP contribution in [0.5, 0.6) is 5.75 Å². The number of phenolic OH excluding ortho intramolecular Hbond substituents is 1. The molecule has 0 saturated carbocycles. The summed E-state index contributed by atoms with van der Waals surface area (Å²) in [6, 6.07) is 17.6. The Bertz CT molecular complexity index is 738. The third-order valence-electron chi connectivity index (χ3n) is 3.71. The lowest BCUT2D eigenvalue weighted by molar-refractivity contribution is 0.472. The third-order valence-corrected chi connectivity index (χ3v) is 3.71. The third kappa shape index (κ3) is 3.18. The Morgan fingerprint density at radius 2 is 2.00 bits per heavy atom. The summed E-state index contributed by atoms with van der Waals surface area (Å²) in [4.78, 5) is 0. The summed E-state index contributed by atoms with van der Waals surface area (Å²) >= 11 is 0. The van der Waals surface area contributed by atoms with Crippen molar-refractivity contribution in [3.8, 4) is 11.4 Å². The van der Waals surface area contributed by atoms with Crippen LogP contribution in [-0.2, 0) is 6.54 Å². The molecule has 0 saturated heterocycles. The summed E-state index contributed by atoms with van der Waals surface area (Å²) < 4.78 is 1.87. The van der Waals surface area contributed by atoms with E-state index in [-0.39, 0.29) is 6.04 Å². The molecule has 0 aliphatic carbocycles. The highest BCUT2D eigenvalue weighted by Crippen LogP contribution is 2.19. The summed E-state index contributed by atoms with van der Waals surface area (Å²) in [6.45, 7) is 2.82. The summed E-state index contributed by atoms with van der Waals surface area (Å²) in [5.41, 5.74) is 3.32. The number of aromatic nitrogens is 2. The van der Waals surface area contributed by atoms with Crippen LogP contribution in [0.1, 0.15) is 24.1 Å². The van der Waals surface area contributed by atoms with E-state index in [1.807, 2.05) is 41.2 Å². The zero-order valence-corrected chi connectivity index (χ0v) is 12.5. The lowest BCUT2D eigenvalue weighted by Crippen LogP contribution is -2.19. The van der Waals surface area contributed by atoms with Gasteiger partial charge in [-0.05, 0) is 42.3 Å². The molecular weight excluding hydrogens is 274 g/mol. The number of hydrogen-bond acceptors (Lipinski definition) is 3. The van der Waals surface area contributed by atoms with Gasteiger partial charge in [0, 0.05) is 25.0 Å². The van der Waals surface area contributed by atoms with Crippen molar-refractivity contribution in [2.45, 2.75) is 19.5 Å². The van der Waals surface area contributed by atoms with Crippen molar-refractivity contribution < 1.29 is 5.11 Å². The van der Waals surface area contributed by atoms with Crippen LogP contribution < -0.4 is 5.32 Å². The van der Waals surface area contributed by atoms with Gasteiger partial charge in [-0.1, -0.05) is 30.3 Å². The average Bonchev–Trinajstić information content (AvgIpc) is 3.07. The van der Waals surface area contributed by atoms with Gasteiger partial charge in [0.15, 0.2) is 0 Å². The van der Waals surface area contributed by atoms with E-state index in [1.165, 1.54) is 5.56 Å². The van der Waals surface area contributed by atoms with Crippen LogP contribution in [0.15, 0.2) is 67.0 Å². The number of hydrogen-bond donors (Lipinski definition) is 2. The first-order valence-corrected chi connectivity index (χ1v) is 7.34. The van der Waals surface area contributed by atoms with E-state index in [4.69, 9.17) is 0 Å². The molecule has 3 aromatic rings. The number of phenols is 1. The molecule has 112 valence electrons. The molecule has 2 N–H and O–H groups in total. The van der Waals surface area contributed by atoms with Gasteiger partial charge in [-0.15, -0.1) is 0 Å². The lowest BCUT2D eigenvalue weighted by Gasteiger charge is -2.16. The molecule has 2 aromatic carbocycles. The molecule has 1 aromatic heterocycles. The van der Waals surface area contributed by atoms with Crippen LogP contribution in [0.3, 0.4) is 0 Å². The minimum absolute atomic E-state index is 0.151. The van der Waals surface area contributed by atoms with Crippen LogP contribution in [0.25, 0.3) is 5.69 Å². The van der Waals surface area contributed by atoms with Crippen molar-refractivity contribution in [1.29, 1.82) is 0 Å². The van der Waals surface area contributed by atoms with Crippen molar-refractivity contribution in [3.05, 3.63) is 78.1 Å². The van der Waals surface area contributed by atoms with Gasteiger partial charge in [-0.25, -0.2) is 4.68 Å². The molecule has 1 unspecified atom stereocenters. The second-order valence-corrected chi connectivity index (χ2v) is 5.28. The number of nitrogens with one attached hydrogen (secondary N) is 1. The van der Waals surface area contributed by atoms with Crippen LogP contribution in [0, 0.1) is 0 Å². The number of aromatic hydroxyl groups is 1. The average molecular weight is 293 g/mol. The molecule has 3 rings (SSSR count). The molecule has 4 heteroatoms. The Balaban J connectivity index is 1.74. The molecule has 0 amide bonds. The highest BCUT2D eigenvalue weighted by molar-refractivity contribution is 5.40. The molecule has 1 heterocycles. The van der Waals surface area contributed by atoms with Crippen LogP contribution in [0.4, 0.5) is 0 Å². The predicted octanol–water partition coefficient (Wildman–Crippen LogP) is 3.43. The largest absolute Gasteiger partial charge is 0.508 e. The highest BCUT2D eigenvalue weighted by atomic mass is 16.3. The standard InChI is InChI=1S/C18H19N3O/c1-14(15-7-4-8-17(22)12-15)19-13-16-6-2-3-9-18(16)21-11-5-10-20-21/h2-12,14,19,22H,13H2,1H3. The van der Waals surface area contributed by atoms with E-state index in [0.717, 1.165) is 17.8 Å². The van der Waals surface area contributed by atoms with Gasteiger partial charge in [0.2, 0.25) is 0 Å². The molecule has 0 spiro atoms. The lowest BCUT2D eigenvalue weighted by atomic mass is 10.1.